The largest absolute Gasteiger partial charge is 0.338 e. The second kappa shape index (κ2) is 7.06. The number of hydrogen-bond acceptors (Lipinski definition) is 3. The number of piperidine rings is 1. The number of nitrogens with one attached hydrogen (secondary N) is 2. The number of likely N-dealkylation sites (tertiary alicyclic amines) is 1. The van der Waals surface area contributed by atoms with E-state index in [0.717, 1.165) is 42.6 Å². The number of aryl methyl sites for hydroxylation is 2. The van der Waals surface area contributed by atoms with Crippen LogP contribution in [0.15, 0.2) is 36.7 Å². The van der Waals surface area contributed by atoms with Crippen LogP contribution in [0.2, 0.25) is 0 Å². The molecule has 0 radical (unpaired) electrons. The summed E-state index contributed by atoms with van der Waals surface area (Å²) in [5.41, 5.74) is 2.41. The lowest BCUT2D eigenvalue weighted by molar-refractivity contribution is -0.122. The third kappa shape index (κ3) is 3.29. The molecule has 1 saturated heterocycles. The van der Waals surface area contributed by atoms with Gasteiger partial charge in [-0.05, 0) is 43.4 Å². The van der Waals surface area contributed by atoms with E-state index in [9.17, 15) is 9.59 Å². The molecule has 1 fully saturated rings. The van der Waals surface area contributed by atoms with Crippen LogP contribution in [0, 0.1) is 6.92 Å². The molecule has 1 aromatic heterocycles. The van der Waals surface area contributed by atoms with Crippen molar-refractivity contribution in [2.24, 2.45) is 0 Å². The van der Waals surface area contributed by atoms with E-state index in [-0.39, 0.29) is 11.9 Å². The third-order valence-electron chi connectivity index (χ3n) is 5.51. The molecule has 1 aromatic carbocycles. The number of carbonyl (C=O) groups excluding carboxylic acids is 2. The highest BCUT2D eigenvalue weighted by atomic mass is 16.2. The molecule has 7 heteroatoms. The van der Waals surface area contributed by atoms with Gasteiger partial charge in [0.25, 0.3) is 0 Å². The van der Waals surface area contributed by atoms with Gasteiger partial charge in [-0.3, -0.25) is 9.48 Å². The number of hydrogen-bond donors (Lipinski definition) is 2. The van der Waals surface area contributed by atoms with Crippen molar-refractivity contribution in [2.45, 2.75) is 38.1 Å². The maximum atomic E-state index is 12.7. The second-order valence-electron chi connectivity index (χ2n) is 7.47. The standard InChI is InChI=1S/C20H25N5O2/c1-15-12-22-25(13-15)11-5-9-21-19(27)24-10-4-8-20(14-24)16-6-2-3-7-17(16)23-18(20)26/h2-3,6-7,12-13H,4-5,8-11,14H2,1H3,(H,21,27)(H,23,26). The van der Waals surface area contributed by atoms with Crippen molar-refractivity contribution in [1.82, 2.24) is 20.0 Å². The number of rotatable bonds is 4. The summed E-state index contributed by atoms with van der Waals surface area (Å²) >= 11 is 0. The van der Waals surface area contributed by atoms with Gasteiger partial charge in [-0.1, -0.05) is 18.2 Å². The Bertz CT molecular complexity index is 862. The van der Waals surface area contributed by atoms with Gasteiger partial charge in [-0.2, -0.15) is 5.10 Å². The maximum absolute atomic E-state index is 12.7. The zero-order valence-electron chi connectivity index (χ0n) is 15.6. The molecule has 1 atom stereocenters. The van der Waals surface area contributed by atoms with E-state index in [1.54, 1.807) is 4.90 Å². The number of benzene rings is 1. The highest BCUT2D eigenvalue weighted by Crippen LogP contribution is 2.43. The Morgan fingerprint density at radius 1 is 1.37 bits per heavy atom. The normalized spacial score (nSPS) is 21.2. The summed E-state index contributed by atoms with van der Waals surface area (Å²) < 4.78 is 1.89. The second-order valence-corrected chi connectivity index (χ2v) is 7.47. The Balaban J connectivity index is 1.35. The van der Waals surface area contributed by atoms with Crippen molar-refractivity contribution in [1.29, 1.82) is 0 Å². The van der Waals surface area contributed by atoms with Gasteiger partial charge in [0.15, 0.2) is 0 Å². The summed E-state index contributed by atoms with van der Waals surface area (Å²) in [5.74, 6) is 0.00949. The van der Waals surface area contributed by atoms with E-state index in [2.05, 4.69) is 15.7 Å². The van der Waals surface area contributed by atoms with Gasteiger partial charge in [-0.15, -0.1) is 0 Å². The summed E-state index contributed by atoms with van der Waals surface area (Å²) in [4.78, 5) is 27.1. The molecule has 3 amide bonds. The van der Waals surface area contributed by atoms with Crippen LogP contribution >= 0.6 is 0 Å². The first-order valence-corrected chi connectivity index (χ1v) is 9.51. The van der Waals surface area contributed by atoms with Crippen LogP contribution < -0.4 is 10.6 Å². The molecule has 3 heterocycles. The molecule has 0 bridgehead atoms. The van der Waals surface area contributed by atoms with Crippen LogP contribution in [0.25, 0.3) is 0 Å². The number of aromatic nitrogens is 2. The van der Waals surface area contributed by atoms with E-state index in [1.807, 2.05) is 48.3 Å². The predicted molar refractivity (Wildman–Crippen MR) is 103 cm³/mol. The van der Waals surface area contributed by atoms with E-state index >= 15 is 0 Å². The van der Waals surface area contributed by atoms with E-state index in [4.69, 9.17) is 0 Å². The first kappa shape index (κ1) is 17.6. The van der Waals surface area contributed by atoms with Gasteiger partial charge in [0.1, 0.15) is 0 Å². The van der Waals surface area contributed by atoms with Crippen molar-refractivity contribution in [3.8, 4) is 0 Å². The summed E-state index contributed by atoms with van der Waals surface area (Å²) in [6.45, 7) is 4.48. The Labute approximate surface area is 158 Å². The van der Waals surface area contributed by atoms with Crippen molar-refractivity contribution in [3.05, 3.63) is 47.8 Å². The average molecular weight is 367 g/mol. The van der Waals surface area contributed by atoms with Crippen LogP contribution in [0.1, 0.15) is 30.4 Å². The minimum absolute atomic E-state index is 0.00949. The van der Waals surface area contributed by atoms with Gasteiger partial charge in [-0.25, -0.2) is 4.79 Å². The van der Waals surface area contributed by atoms with Gasteiger partial charge < -0.3 is 15.5 Å². The van der Waals surface area contributed by atoms with Crippen LogP contribution in [0.5, 0.6) is 0 Å². The molecule has 0 aliphatic carbocycles. The van der Waals surface area contributed by atoms with Gasteiger partial charge in [0, 0.05) is 38.1 Å². The van der Waals surface area contributed by atoms with Crippen LogP contribution in [0.4, 0.5) is 10.5 Å². The molecule has 1 unspecified atom stereocenters. The number of fused-ring (bicyclic) bond motifs is 2. The molecule has 27 heavy (non-hydrogen) atoms. The molecule has 142 valence electrons. The fourth-order valence-corrected chi connectivity index (χ4v) is 4.15. The molecule has 0 saturated carbocycles. The lowest BCUT2D eigenvalue weighted by Gasteiger charge is -2.39. The Morgan fingerprint density at radius 2 is 2.22 bits per heavy atom. The first-order chi connectivity index (χ1) is 13.1. The van der Waals surface area contributed by atoms with E-state index < -0.39 is 5.41 Å². The fraction of sp³-hybridized carbons (Fsp3) is 0.450. The third-order valence-corrected chi connectivity index (χ3v) is 5.51. The van der Waals surface area contributed by atoms with Crippen LogP contribution in [-0.4, -0.2) is 46.3 Å². The zero-order chi connectivity index (χ0) is 18.9. The van der Waals surface area contributed by atoms with Crippen molar-refractivity contribution < 1.29 is 9.59 Å². The summed E-state index contributed by atoms with van der Waals surface area (Å²) in [7, 11) is 0. The number of para-hydroxylation sites is 1. The lowest BCUT2D eigenvalue weighted by atomic mass is 9.75. The molecule has 2 aromatic rings. The molecule has 1 spiro atoms. The monoisotopic (exact) mass is 367 g/mol. The van der Waals surface area contributed by atoms with E-state index in [1.165, 1.54) is 0 Å². The Kier molecular flexibility index (Phi) is 4.59. The highest BCUT2D eigenvalue weighted by Gasteiger charge is 2.49. The highest BCUT2D eigenvalue weighted by molar-refractivity contribution is 6.06. The number of carbonyl (C=O) groups is 2. The van der Waals surface area contributed by atoms with Crippen LogP contribution in [0.3, 0.4) is 0 Å². The van der Waals surface area contributed by atoms with Gasteiger partial charge in [0.2, 0.25) is 5.91 Å². The summed E-state index contributed by atoms with van der Waals surface area (Å²) in [5, 5.41) is 10.2. The molecule has 7 nitrogen and oxygen atoms in total. The predicted octanol–water partition coefficient (Wildman–Crippen LogP) is 2.28. The topological polar surface area (TPSA) is 79.3 Å². The quantitative estimate of drug-likeness (QED) is 0.814. The zero-order valence-corrected chi connectivity index (χ0v) is 15.6. The average Bonchev–Trinajstić information content (AvgIpc) is 3.21. The smallest absolute Gasteiger partial charge is 0.317 e. The van der Waals surface area contributed by atoms with Crippen molar-refractivity contribution in [2.75, 3.05) is 25.0 Å². The molecular formula is C20H25N5O2. The van der Waals surface area contributed by atoms with Crippen molar-refractivity contribution in [3.63, 3.8) is 0 Å². The molecule has 2 aliphatic heterocycles. The van der Waals surface area contributed by atoms with E-state index in [0.29, 0.717) is 19.6 Å². The number of amides is 3. The number of anilines is 1. The summed E-state index contributed by atoms with van der Waals surface area (Å²) in [6, 6.07) is 7.71. The SMILES string of the molecule is Cc1cnn(CCCNC(=O)N2CCCC3(C2)C(=O)Nc2ccccc23)c1. The molecule has 4 rings (SSSR count). The number of urea groups is 1. The number of nitrogens with zero attached hydrogens (tertiary/aromatic N) is 3. The maximum Gasteiger partial charge on any atom is 0.317 e. The minimum Gasteiger partial charge on any atom is -0.338 e. The summed E-state index contributed by atoms with van der Waals surface area (Å²) in [6.07, 6.45) is 6.23. The Hall–Kier alpha value is -2.83. The minimum atomic E-state index is -0.612. The molecular weight excluding hydrogens is 342 g/mol. The van der Waals surface area contributed by atoms with Gasteiger partial charge >= 0.3 is 6.03 Å². The van der Waals surface area contributed by atoms with Crippen molar-refractivity contribution >= 4 is 17.6 Å². The van der Waals surface area contributed by atoms with Crippen LogP contribution in [-0.2, 0) is 16.8 Å². The fourth-order valence-electron chi connectivity index (χ4n) is 4.15. The van der Waals surface area contributed by atoms with Gasteiger partial charge in [0.05, 0.1) is 11.6 Å². The molecule has 2 aliphatic rings. The lowest BCUT2D eigenvalue weighted by Crippen LogP contribution is -2.54. The molecule has 2 N–H and O–H groups in total. The first-order valence-electron chi connectivity index (χ1n) is 9.51. The Morgan fingerprint density at radius 3 is 3.04 bits per heavy atom.